The molecule has 0 fully saturated rings. The summed E-state index contributed by atoms with van der Waals surface area (Å²) in [5, 5.41) is 10.5. The van der Waals surface area contributed by atoms with Crippen LogP contribution in [0.2, 0.25) is 0 Å². The fraction of sp³-hybridized carbons (Fsp3) is 0. The first-order valence-electron chi connectivity index (χ1n) is 3.32. The van der Waals surface area contributed by atoms with E-state index in [0.717, 1.165) is 0 Å². The third kappa shape index (κ3) is 2.43. The highest BCUT2D eigenvalue weighted by molar-refractivity contribution is 9.10. The van der Waals surface area contributed by atoms with Crippen molar-refractivity contribution in [2.24, 2.45) is 0 Å². The van der Waals surface area contributed by atoms with E-state index in [-0.39, 0.29) is 11.4 Å². The summed E-state index contributed by atoms with van der Waals surface area (Å²) in [7, 11) is 0. The molecule has 0 saturated carbocycles. The van der Waals surface area contributed by atoms with Crippen molar-refractivity contribution in [2.75, 3.05) is 0 Å². The first kappa shape index (κ1) is 10.9. The first-order valence-corrected chi connectivity index (χ1v) is 4.49. The molecule has 0 spiro atoms. The van der Waals surface area contributed by atoms with E-state index >= 15 is 0 Å². The summed E-state index contributed by atoms with van der Waals surface area (Å²) < 4.78 is 4.77. The number of hydrogen-bond acceptors (Lipinski definition) is 4. The zero-order valence-corrected chi connectivity index (χ0v) is 8.91. The highest BCUT2D eigenvalue weighted by atomic mass is 79.9. The average molecular weight is 280 g/mol. The summed E-state index contributed by atoms with van der Waals surface area (Å²) >= 11 is 7.96. The average Bonchev–Trinajstić information content (AvgIpc) is 2.07. The topological polar surface area (TPSA) is 69.4 Å². The number of nitro benzene ring substituents is 1. The van der Waals surface area contributed by atoms with E-state index in [1.165, 1.54) is 18.2 Å². The van der Waals surface area contributed by atoms with E-state index < -0.39 is 10.4 Å². The van der Waals surface area contributed by atoms with Gasteiger partial charge in [0.25, 0.3) is 0 Å². The van der Waals surface area contributed by atoms with Crippen molar-refractivity contribution >= 4 is 38.6 Å². The number of rotatable bonds is 2. The van der Waals surface area contributed by atoms with E-state index in [1.807, 2.05) is 0 Å². The summed E-state index contributed by atoms with van der Waals surface area (Å²) in [5.74, 6) is -0.197. The van der Waals surface area contributed by atoms with Gasteiger partial charge < -0.3 is 4.74 Å². The van der Waals surface area contributed by atoms with Crippen LogP contribution in [0.15, 0.2) is 22.7 Å². The molecule has 0 amide bonds. The summed E-state index contributed by atoms with van der Waals surface area (Å²) in [6, 6.07) is 4.16. The van der Waals surface area contributed by atoms with Crippen LogP contribution in [0, 0.1) is 10.1 Å². The van der Waals surface area contributed by atoms with Gasteiger partial charge in [-0.3, -0.25) is 10.1 Å². The van der Waals surface area contributed by atoms with Crippen molar-refractivity contribution in [1.82, 2.24) is 0 Å². The predicted octanol–water partition coefficient (Wildman–Crippen LogP) is 3.09. The zero-order valence-electron chi connectivity index (χ0n) is 6.57. The number of nitrogens with zero attached hydrogens (tertiary/aromatic N) is 1. The SMILES string of the molecule is O=C(Cl)Oc1c(Br)cccc1[N+](=O)[O-]. The molecule has 7 heteroatoms. The van der Waals surface area contributed by atoms with Crippen LogP contribution in [0.1, 0.15) is 0 Å². The fourth-order valence-electron chi connectivity index (χ4n) is 0.823. The van der Waals surface area contributed by atoms with Crippen LogP contribution in [-0.4, -0.2) is 10.4 Å². The van der Waals surface area contributed by atoms with E-state index in [9.17, 15) is 14.9 Å². The third-order valence-electron chi connectivity index (χ3n) is 1.33. The molecule has 1 aromatic rings. The predicted molar refractivity (Wildman–Crippen MR) is 52.7 cm³/mol. The summed E-state index contributed by atoms with van der Waals surface area (Å²) in [6.07, 6.45) is 0. The van der Waals surface area contributed by atoms with Gasteiger partial charge in [0.15, 0.2) is 0 Å². The Kier molecular flexibility index (Phi) is 3.43. The van der Waals surface area contributed by atoms with Crippen molar-refractivity contribution in [3.8, 4) is 5.75 Å². The Bertz CT molecular complexity index is 395. The monoisotopic (exact) mass is 279 g/mol. The molecule has 0 unspecified atom stereocenters. The Balaban J connectivity index is 3.22. The minimum absolute atomic E-state index is 0.197. The van der Waals surface area contributed by atoms with E-state index in [1.54, 1.807) is 0 Å². The maximum absolute atomic E-state index is 10.5. The van der Waals surface area contributed by atoms with Gasteiger partial charge in [0.2, 0.25) is 5.75 Å². The maximum Gasteiger partial charge on any atom is 0.409 e. The second-order valence-corrected chi connectivity index (χ2v) is 3.35. The fourth-order valence-corrected chi connectivity index (χ4v) is 1.34. The molecule has 0 aliphatic rings. The van der Waals surface area contributed by atoms with Crippen LogP contribution >= 0.6 is 27.5 Å². The third-order valence-corrected chi connectivity index (χ3v) is 2.03. The normalized spacial score (nSPS) is 9.57. The number of para-hydroxylation sites is 1. The van der Waals surface area contributed by atoms with Gasteiger partial charge in [-0.15, -0.1) is 0 Å². The van der Waals surface area contributed by atoms with Crippen LogP contribution in [0.3, 0.4) is 0 Å². The van der Waals surface area contributed by atoms with Crippen LogP contribution in [0.5, 0.6) is 5.75 Å². The second-order valence-electron chi connectivity index (χ2n) is 2.18. The number of ether oxygens (including phenoxy) is 1. The zero-order chi connectivity index (χ0) is 10.7. The van der Waals surface area contributed by atoms with Crippen molar-refractivity contribution in [3.05, 3.63) is 32.8 Å². The summed E-state index contributed by atoms with van der Waals surface area (Å²) in [4.78, 5) is 20.3. The minimum Gasteiger partial charge on any atom is -0.406 e. The quantitative estimate of drug-likeness (QED) is 0.474. The standard InChI is InChI=1S/C7H3BrClNO4/c8-4-2-1-3-5(10(12)13)6(4)14-7(9)11/h1-3H. The Morgan fingerprint density at radius 2 is 2.21 bits per heavy atom. The lowest BCUT2D eigenvalue weighted by Crippen LogP contribution is -2.00. The number of halogens is 2. The number of carbonyl (C=O) groups excluding carboxylic acids is 1. The highest BCUT2D eigenvalue weighted by Gasteiger charge is 2.19. The molecule has 14 heavy (non-hydrogen) atoms. The van der Waals surface area contributed by atoms with Gasteiger partial charge >= 0.3 is 11.1 Å². The smallest absolute Gasteiger partial charge is 0.406 e. The van der Waals surface area contributed by atoms with Gasteiger partial charge in [0.05, 0.1) is 9.40 Å². The minimum atomic E-state index is -1.12. The van der Waals surface area contributed by atoms with Crippen molar-refractivity contribution in [2.45, 2.75) is 0 Å². The van der Waals surface area contributed by atoms with E-state index in [2.05, 4.69) is 20.7 Å². The Morgan fingerprint density at radius 3 is 2.71 bits per heavy atom. The molecular weight excluding hydrogens is 277 g/mol. The van der Waals surface area contributed by atoms with Crippen LogP contribution in [0.25, 0.3) is 0 Å². The molecule has 0 saturated heterocycles. The number of carbonyl (C=O) groups is 1. The van der Waals surface area contributed by atoms with Crippen molar-refractivity contribution in [1.29, 1.82) is 0 Å². The molecule has 0 atom stereocenters. The maximum atomic E-state index is 10.5. The molecule has 0 radical (unpaired) electrons. The largest absolute Gasteiger partial charge is 0.409 e. The molecule has 0 bridgehead atoms. The van der Waals surface area contributed by atoms with Gasteiger partial charge in [-0.05, 0) is 22.0 Å². The summed E-state index contributed by atoms with van der Waals surface area (Å²) in [5.41, 5.74) is -1.45. The molecule has 1 rings (SSSR count). The van der Waals surface area contributed by atoms with Gasteiger partial charge in [-0.1, -0.05) is 6.07 Å². The molecule has 1 aromatic carbocycles. The lowest BCUT2D eigenvalue weighted by Gasteiger charge is -2.02. The molecule has 5 nitrogen and oxygen atoms in total. The number of hydrogen-bond donors (Lipinski definition) is 0. The van der Waals surface area contributed by atoms with E-state index in [0.29, 0.717) is 4.47 Å². The van der Waals surface area contributed by atoms with Crippen LogP contribution in [0.4, 0.5) is 10.5 Å². The lowest BCUT2D eigenvalue weighted by molar-refractivity contribution is -0.385. The molecule has 0 aromatic heterocycles. The second kappa shape index (κ2) is 4.39. The van der Waals surface area contributed by atoms with Gasteiger partial charge in [-0.25, -0.2) is 4.79 Å². The number of benzene rings is 1. The van der Waals surface area contributed by atoms with Gasteiger partial charge in [0.1, 0.15) is 0 Å². The lowest BCUT2D eigenvalue weighted by atomic mass is 10.3. The molecule has 0 aliphatic carbocycles. The molecule has 74 valence electrons. The Hall–Kier alpha value is -1.14. The molecule has 0 heterocycles. The Labute approximate surface area is 91.9 Å². The molecule has 0 aliphatic heterocycles. The number of nitro groups is 1. The summed E-state index contributed by atoms with van der Waals surface area (Å²) in [6.45, 7) is 0. The van der Waals surface area contributed by atoms with Crippen molar-refractivity contribution < 1.29 is 14.5 Å². The highest BCUT2D eigenvalue weighted by Crippen LogP contribution is 2.34. The first-order chi connectivity index (χ1) is 6.52. The van der Waals surface area contributed by atoms with Crippen LogP contribution < -0.4 is 4.74 Å². The van der Waals surface area contributed by atoms with E-state index in [4.69, 9.17) is 11.6 Å². The Morgan fingerprint density at radius 1 is 1.57 bits per heavy atom. The van der Waals surface area contributed by atoms with Gasteiger partial charge in [-0.2, -0.15) is 0 Å². The van der Waals surface area contributed by atoms with Crippen molar-refractivity contribution in [3.63, 3.8) is 0 Å². The van der Waals surface area contributed by atoms with Crippen LogP contribution in [-0.2, 0) is 0 Å². The molecule has 0 N–H and O–H groups in total. The van der Waals surface area contributed by atoms with Gasteiger partial charge in [0, 0.05) is 17.7 Å². The molecular formula is C7H3BrClNO4.